The van der Waals surface area contributed by atoms with Crippen molar-refractivity contribution in [2.45, 2.75) is 0 Å². The van der Waals surface area contributed by atoms with Crippen LogP contribution in [0.3, 0.4) is 0 Å². The van der Waals surface area contributed by atoms with Gasteiger partial charge in [-0.15, -0.1) is 0 Å². The Morgan fingerprint density at radius 1 is 0.828 bits per heavy atom. The van der Waals surface area contributed by atoms with Gasteiger partial charge in [-0.2, -0.15) is 0 Å². The predicted octanol–water partition coefficient (Wildman–Crippen LogP) is 3.95. The van der Waals surface area contributed by atoms with E-state index in [0.29, 0.717) is 22.7 Å². The molecule has 0 spiro atoms. The first-order chi connectivity index (χ1) is 14.2. The van der Waals surface area contributed by atoms with E-state index in [1.165, 1.54) is 0 Å². The molecule has 2 heterocycles. The van der Waals surface area contributed by atoms with Crippen molar-refractivity contribution in [1.82, 2.24) is 19.1 Å². The number of rotatable bonds is 3. The largest absolute Gasteiger partial charge is 0.497 e. The maximum absolute atomic E-state index is 13.5. The first-order valence-corrected chi connectivity index (χ1v) is 9.25. The number of hydrogen-bond donors (Lipinski definition) is 0. The highest BCUT2D eigenvalue weighted by Gasteiger charge is 2.19. The number of para-hydroxylation sites is 3. The molecule has 0 radical (unpaired) electrons. The molecule has 0 saturated carbocycles. The van der Waals surface area contributed by atoms with E-state index in [-0.39, 0.29) is 5.56 Å². The zero-order valence-electron chi connectivity index (χ0n) is 16.0. The molecular weight excluding hydrogens is 364 g/mol. The van der Waals surface area contributed by atoms with E-state index in [1.54, 1.807) is 17.7 Å². The normalized spacial score (nSPS) is 11.2. The van der Waals surface area contributed by atoms with Gasteiger partial charge in [0.1, 0.15) is 5.75 Å². The van der Waals surface area contributed by atoms with Gasteiger partial charge in [0.05, 0.1) is 29.0 Å². The van der Waals surface area contributed by atoms with Crippen LogP contribution in [0.5, 0.6) is 5.75 Å². The number of nitrogens with zero attached hydrogens (tertiary/aromatic N) is 4. The maximum atomic E-state index is 13.5. The van der Waals surface area contributed by atoms with Crippen LogP contribution in [-0.4, -0.2) is 26.2 Å². The fraction of sp³-hybridized carbons (Fsp3) is 0.0870. The second-order valence-corrected chi connectivity index (χ2v) is 6.78. The molecule has 6 nitrogen and oxygen atoms in total. The van der Waals surface area contributed by atoms with E-state index in [0.717, 1.165) is 22.3 Å². The van der Waals surface area contributed by atoms with E-state index in [9.17, 15) is 4.79 Å². The lowest BCUT2D eigenvalue weighted by Crippen LogP contribution is -2.24. The molecule has 0 aliphatic rings. The average molecular weight is 382 g/mol. The van der Waals surface area contributed by atoms with E-state index in [2.05, 4.69) is 0 Å². The lowest BCUT2D eigenvalue weighted by Gasteiger charge is -2.13. The molecule has 142 valence electrons. The third-order valence-corrected chi connectivity index (χ3v) is 5.09. The summed E-state index contributed by atoms with van der Waals surface area (Å²) in [6.07, 6.45) is 0. The molecule has 0 fully saturated rings. The van der Waals surface area contributed by atoms with Gasteiger partial charge >= 0.3 is 0 Å². The molecule has 29 heavy (non-hydrogen) atoms. The predicted molar refractivity (Wildman–Crippen MR) is 114 cm³/mol. The molecule has 0 atom stereocenters. The first-order valence-electron chi connectivity index (χ1n) is 9.25. The van der Waals surface area contributed by atoms with Crippen molar-refractivity contribution in [2.75, 3.05) is 7.11 Å². The monoisotopic (exact) mass is 382 g/mol. The van der Waals surface area contributed by atoms with Gasteiger partial charge in [0.15, 0.2) is 5.82 Å². The van der Waals surface area contributed by atoms with Crippen molar-refractivity contribution in [3.63, 3.8) is 0 Å². The fourth-order valence-electron chi connectivity index (χ4n) is 3.58. The number of aryl methyl sites for hydroxylation is 1. The second-order valence-electron chi connectivity index (χ2n) is 6.78. The van der Waals surface area contributed by atoms with Gasteiger partial charge < -0.3 is 9.30 Å². The smallest absolute Gasteiger partial charge is 0.268 e. The number of ether oxygens (including phenoxy) is 1. The Labute approximate surface area is 166 Å². The van der Waals surface area contributed by atoms with E-state index < -0.39 is 0 Å². The fourth-order valence-corrected chi connectivity index (χ4v) is 3.58. The Kier molecular flexibility index (Phi) is 3.91. The van der Waals surface area contributed by atoms with Crippen molar-refractivity contribution in [2.24, 2.45) is 7.05 Å². The Hall–Kier alpha value is -3.93. The summed E-state index contributed by atoms with van der Waals surface area (Å²) in [6, 6.07) is 22.7. The third kappa shape index (κ3) is 2.69. The molecule has 0 aliphatic carbocycles. The highest BCUT2D eigenvalue weighted by Crippen LogP contribution is 2.25. The number of hydrogen-bond acceptors (Lipinski definition) is 4. The van der Waals surface area contributed by atoms with Gasteiger partial charge in [0, 0.05) is 12.6 Å². The zero-order valence-corrected chi connectivity index (χ0v) is 16.0. The summed E-state index contributed by atoms with van der Waals surface area (Å²) in [4.78, 5) is 23.1. The Balaban J connectivity index is 1.88. The van der Waals surface area contributed by atoms with Crippen molar-refractivity contribution < 1.29 is 4.74 Å². The molecule has 0 unspecified atom stereocenters. The summed E-state index contributed by atoms with van der Waals surface area (Å²) in [6.45, 7) is 0. The highest BCUT2D eigenvalue weighted by molar-refractivity contribution is 5.81. The lowest BCUT2D eigenvalue weighted by atomic mass is 10.1. The summed E-state index contributed by atoms with van der Waals surface area (Å²) in [5.74, 6) is 1.81. The van der Waals surface area contributed by atoms with Crippen molar-refractivity contribution in [3.8, 4) is 23.1 Å². The quantitative estimate of drug-likeness (QED) is 0.474. The Morgan fingerprint density at radius 3 is 2.24 bits per heavy atom. The van der Waals surface area contributed by atoms with Gasteiger partial charge in [0.25, 0.3) is 5.56 Å². The molecule has 0 aliphatic heterocycles. The topological polar surface area (TPSA) is 61.9 Å². The SMILES string of the molecule is COc1ccc(-c2nc3ccccc3c(=O)n2-c2nc3ccccc3n2C)cc1. The van der Waals surface area contributed by atoms with Gasteiger partial charge in [-0.3, -0.25) is 4.79 Å². The van der Waals surface area contributed by atoms with Crippen LogP contribution in [0, 0.1) is 0 Å². The minimum absolute atomic E-state index is 0.153. The summed E-state index contributed by atoms with van der Waals surface area (Å²) in [5.41, 5.74) is 3.08. The van der Waals surface area contributed by atoms with Gasteiger partial charge in [-0.05, 0) is 48.5 Å². The number of fused-ring (bicyclic) bond motifs is 2. The van der Waals surface area contributed by atoms with Gasteiger partial charge in [0.2, 0.25) is 5.95 Å². The molecule has 3 aromatic carbocycles. The minimum Gasteiger partial charge on any atom is -0.497 e. The van der Waals surface area contributed by atoms with Crippen LogP contribution in [0.1, 0.15) is 0 Å². The van der Waals surface area contributed by atoms with Crippen LogP contribution in [0.15, 0.2) is 77.6 Å². The Morgan fingerprint density at radius 2 is 1.52 bits per heavy atom. The van der Waals surface area contributed by atoms with Crippen LogP contribution in [0.25, 0.3) is 39.3 Å². The molecule has 0 bridgehead atoms. The summed E-state index contributed by atoms with van der Waals surface area (Å²) in [7, 11) is 3.53. The molecular formula is C23H18N4O2. The molecule has 2 aromatic heterocycles. The van der Waals surface area contributed by atoms with Crippen molar-refractivity contribution in [1.29, 1.82) is 0 Å². The van der Waals surface area contributed by atoms with Crippen LogP contribution < -0.4 is 10.3 Å². The second kappa shape index (κ2) is 6.60. The third-order valence-electron chi connectivity index (χ3n) is 5.09. The van der Waals surface area contributed by atoms with Gasteiger partial charge in [-0.25, -0.2) is 14.5 Å². The summed E-state index contributed by atoms with van der Waals surface area (Å²) in [5, 5.41) is 0.553. The minimum atomic E-state index is -0.153. The first kappa shape index (κ1) is 17.2. The molecule has 5 rings (SSSR count). The van der Waals surface area contributed by atoms with E-state index in [4.69, 9.17) is 14.7 Å². The van der Waals surface area contributed by atoms with Crippen LogP contribution in [0.2, 0.25) is 0 Å². The standard InChI is InChI=1S/C23H18N4O2/c1-26-20-10-6-5-9-19(20)25-23(26)27-21(15-11-13-16(29-2)14-12-15)24-18-8-4-3-7-17(18)22(27)28/h3-14H,1-2H3. The highest BCUT2D eigenvalue weighted by atomic mass is 16.5. The number of benzene rings is 3. The van der Waals surface area contributed by atoms with Crippen LogP contribution in [0.4, 0.5) is 0 Å². The average Bonchev–Trinajstić information content (AvgIpc) is 3.10. The van der Waals surface area contributed by atoms with E-state index >= 15 is 0 Å². The molecule has 6 heteroatoms. The van der Waals surface area contributed by atoms with Gasteiger partial charge in [-0.1, -0.05) is 24.3 Å². The molecule has 5 aromatic rings. The zero-order chi connectivity index (χ0) is 20.0. The number of imidazole rings is 1. The Bertz CT molecular complexity index is 1420. The summed E-state index contributed by atoms with van der Waals surface area (Å²) >= 11 is 0. The molecule has 0 amide bonds. The van der Waals surface area contributed by atoms with Crippen molar-refractivity contribution >= 4 is 21.9 Å². The lowest BCUT2D eigenvalue weighted by molar-refractivity contribution is 0.415. The van der Waals surface area contributed by atoms with Crippen LogP contribution >= 0.6 is 0 Å². The number of methoxy groups -OCH3 is 1. The number of aromatic nitrogens is 4. The van der Waals surface area contributed by atoms with Crippen LogP contribution in [-0.2, 0) is 7.05 Å². The van der Waals surface area contributed by atoms with E-state index in [1.807, 2.05) is 78.3 Å². The van der Waals surface area contributed by atoms with Crippen molar-refractivity contribution in [3.05, 3.63) is 83.2 Å². The maximum Gasteiger partial charge on any atom is 0.268 e. The summed E-state index contributed by atoms with van der Waals surface area (Å²) < 4.78 is 8.77. The molecule has 0 N–H and O–H groups in total. The molecule has 0 saturated heterocycles.